The van der Waals surface area contributed by atoms with E-state index < -0.39 is 18.0 Å². The Balaban J connectivity index is 3.23. The third-order valence-electron chi connectivity index (χ3n) is 1.63. The van der Waals surface area contributed by atoms with Crippen LogP contribution >= 0.6 is 11.8 Å². The maximum atomic E-state index is 12.4. The van der Waals surface area contributed by atoms with Gasteiger partial charge in [-0.3, -0.25) is 0 Å². The Hall–Kier alpha value is -0.820. The fraction of sp³-hybridized carbons (Fsp3) is 0.500. The Morgan fingerprint density at radius 2 is 2.00 bits per heavy atom. The first-order valence-corrected chi connectivity index (χ1v) is 5.25. The van der Waals surface area contributed by atoms with E-state index in [1.54, 1.807) is 6.26 Å². The van der Waals surface area contributed by atoms with Crippen molar-refractivity contribution in [3.8, 4) is 0 Å². The van der Waals surface area contributed by atoms with Crippen LogP contribution in [0.5, 0.6) is 0 Å². The molecule has 0 aliphatic carbocycles. The average Bonchev–Trinajstić information content (AvgIpc) is 2.15. The van der Waals surface area contributed by atoms with E-state index in [1.165, 1.54) is 6.92 Å². The van der Waals surface area contributed by atoms with E-state index in [0.29, 0.717) is 0 Å². The zero-order valence-electron chi connectivity index (χ0n) is 8.04. The van der Waals surface area contributed by atoms with Crippen molar-refractivity contribution < 1.29 is 18.3 Å². The van der Waals surface area contributed by atoms with Crippen LogP contribution in [0.3, 0.4) is 0 Å². The maximum absolute atomic E-state index is 12.4. The van der Waals surface area contributed by atoms with E-state index in [1.807, 2.05) is 0 Å². The highest BCUT2D eigenvalue weighted by atomic mass is 32.2. The maximum Gasteiger partial charge on any atom is 0.433 e. The molecule has 1 N–H and O–H groups in total. The van der Waals surface area contributed by atoms with Crippen LogP contribution in [0.1, 0.15) is 24.4 Å². The molecule has 1 unspecified atom stereocenters. The van der Waals surface area contributed by atoms with E-state index in [2.05, 4.69) is 9.97 Å². The van der Waals surface area contributed by atoms with Gasteiger partial charge in [-0.1, -0.05) is 11.8 Å². The van der Waals surface area contributed by atoms with Crippen molar-refractivity contribution in [3.63, 3.8) is 0 Å². The fourth-order valence-electron chi connectivity index (χ4n) is 0.894. The first-order valence-electron chi connectivity index (χ1n) is 4.03. The van der Waals surface area contributed by atoms with Crippen molar-refractivity contribution in [2.24, 2.45) is 0 Å². The molecular formula is C8H9F3N2OS. The summed E-state index contributed by atoms with van der Waals surface area (Å²) >= 11 is 0.997. The van der Waals surface area contributed by atoms with Crippen LogP contribution in [0.25, 0.3) is 0 Å². The van der Waals surface area contributed by atoms with Gasteiger partial charge in [-0.2, -0.15) is 13.2 Å². The second-order valence-electron chi connectivity index (χ2n) is 2.84. The molecule has 0 saturated heterocycles. The van der Waals surface area contributed by atoms with E-state index in [-0.39, 0.29) is 10.9 Å². The third-order valence-corrected chi connectivity index (χ3v) is 2.17. The number of nitrogens with zero attached hydrogens (tertiary/aromatic N) is 2. The average molecular weight is 238 g/mol. The van der Waals surface area contributed by atoms with Gasteiger partial charge in [0.15, 0.2) is 5.16 Å². The van der Waals surface area contributed by atoms with E-state index >= 15 is 0 Å². The summed E-state index contributed by atoms with van der Waals surface area (Å²) in [6.45, 7) is 1.35. The van der Waals surface area contributed by atoms with Crippen LogP contribution in [0, 0.1) is 0 Å². The van der Waals surface area contributed by atoms with Crippen molar-refractivity contribution in [2.75, 3.05) is 6.26 Å². The highest BCUT2D eigenvalue weighted by Gasteiger charge is 2.33. The molecular weight excluding hydrogens is 229 g/mol. The first kappa shape index (κ1) is 12.3. The molecule has 84 valence electrons. The zero-order valence-corrected chi connectivity index (χ0v) is 8.85. The summed E-state index contributed by atoms with van der Waals surface area (Å²) in [7, 11) is 0. The van der Waals surface area contributed by atoms with Crippen LogP contribution in [0.15, 0.2) is 11.2 Å². The largest absolute Gasteiger partial charge is 0.433 e. The molecule has 0 radical (unpaired) electrons. The minimum Gasteiger partial charge on any atom is -0.387 e. The van der Waals surface area contributed by atoms with Gasteiger partial charge in [-0.25, -0.2) is 9.97 Å². The lowest BCUT2D eigenvalue weighted by Gasteiger charge is -2.10. The van der Waals surface area contributed by atoms with E-state index in [0.717, 1.165) is 17.8 Å². The number of thioether (sulfide) groups is 1. The number of aliphatic hydroxyl groups excluding tert-OH is 1. The second kappa shape index (κ2) is 4.36. The van der Waals surface area contributed by atoms with Crippen molar-refractivity contribution in [2.45, 2.75) is 24.4 Å². The molecule has 0 aliphatic heterocycles. The Labute approximate surface area is 88.7 Å². The SMILES string of the molecule is CSc1nc(C(C)O)cc(C(F)(F)F)n1. The number of hydrogen-bond donors (Lipinski definition) is 1. The number of alkyl halides is 3. The molecule has 0 fully saturated rings. The number of hydrogen-bond acceptors (Lipinski definition) is 4. The molecule has 0 aliphatic rings. The van der Waals surface area contributed by atoms with Gasteiger partial charge in [0.05, 0.1) is 11.8 Å². The van der Waals surface area contributed by atoms with Gasteiger partial charge < -0.3 is 5.11 Å². The predicted molar refractivity (Wildman–Crippen MR) is 49.4 cm³/mol. The van der Waals surface area contributed by atoms with Gasteiger partial charge in [0, 0.05) is 0 Å². The molecule has 0 amide bonds. The first-order chi connectivity index (χ1) is 6.84. The highest BCUT2D eigenvalue weighted by Crippen LogP contribution is 2.30. The topological polar surface area (TPSA) is 46.0 Å². The minimum atomic E-state index is -4.52. The molecule has 1 aromatic rings. The van der Waals surface area contributed by atoms with Crippen LogP contribution in [-0.4, -0.2) is 21.3 Å². The summed E-state index contributed by atoms with van der Waals surface area (Å²) in [4.78, 5) is 7.09. The molecule has 7 heteroatoms. The molecule has 0 bridgehead atoms. The Morgan fingerprint density at radius 1 is 1.40 bits per heavy atom. The summed E-state index contributed by atoms with van der Waals surface area (Å²) in [5.41, 5.74) is -1.06. The summed E-state index contributed by atoms with van der Waals surface area (Å²) < 4.78 is 37.1. The molecule has 15 heavy (non-hydrogen) atoms. The monoisotopic (exact) mass is 238 g/mol. The molecule has 3 nitrogen and oxygen atoms in total. The summed E-state index contributed by atoms with van der Waals surface area (Å²) in [6.07, 6.45) is -3.99. The van der Waals surface area contributed by atoms with Crippen LogP contribution < -0.4 is 0 Å². The van der Waals surface area contributed by atoms with Crippen molar-refractivity contribution in [1.82, 2.24) is 9.97 Å². The number of aromatic nitrogens is 2. The molecule has 1 atom stereocenters. The number of aliphatic hydroxyl groups is 1. The zero-order chi connectivity index (χ0) is 11.6. The molecule has 1 rings (SSSR count). The molecule has 1 aromatic heterocycles. The third kappa shape index (κ3) is 3.07. The normalized spacial score (nSPS) is 14.0. The summed E-state index contributed by atoms with van der Waals surface area (Å²) in [6, 6.07) is 0.754. The van der Waals surface area contributed by atoms with Gasteiger partial charge in [0.25, 0.3) is 0 Å². The summed E-state index contributed by atoms with van der Waals surface area (Å²) in [5, 5.41) is 9.17. The van der Waals surface area contributed by atoms with E-state index in [4.69, 9.17) is 5.11 Å². The van der Waals surface area contributed by atoms with Gasteiger partial charge in [0.2, 0.25) is 0 Å². The van der Waals surface area contributed by atoms with Crippen LogP contribution in [0.2, 0.25) is 0 Å². The molecule has 1 heterocycles. The van der Waals surface area contributed by atoms with Crippen LogP contribution in [-0.2, 0) is 6.18 Å². The number of halogens is 3. The standard InChI is InChI=1S/C8H9F3N2OS/c1-4(14)5-3-6(8(9,10)11)13-7(12-5)15-2/h3-4,14H,1-2H3. The lowest BCUT2D eigenvalue weighted by molar-refractivity contribution is -0.141. The predicted octanol–water partition coefficient (Wildman–Crippen LogP) is 2.27. The Bertz CT molecular complexity index is 354. The lowest BCUT2D eigenvalue weighted by atomic mass is 10.2. The Morgan fingerprint density at radius 3 is 2.40 bits per heavy atom. The molecule has 0 spiro atoms. The van der Waals surface area contributed by atoms with Gasteiger partial charge in [-0.15, -0.1) is 0 Å². The lowest BCUT2D eigenvalue weighted by Crippen LogP contribution is -2.11. The second-order valence-corrected chi connectivity index (χ2v) is 3.61. The molecule has 0 saturated carbocycles. The van der Waals surface area contributed by atoms with Crippen molar-refractivity contribution in [3.05, 3.63) is 17.5 Å². The summed E-state index contributed by atoms with van der Waals surface area (Å²) in [5.74, 6) is 0. The highest BCUT2D eigenvalue weighted by molar-refractivity contribution is 7.98. The Kier molecular flexibility index (Phi) is 3.56. The number of rotatable bonds is 2. The van der Waals surface area contributed by atoms with Crippen molar-refractivity contribution >= 4 is 11.8 Å². The quantitative estimate of drug-likeness (QED) is 0.634. The molecule has 0 aromatic carbocycles. The van der Waals surface area contributed by atoms with E-state index in [9.17, 15) is 13.2 Å². The minimum absolute atomic E-state index is 0.000671. The smallest absolute Gasteiger partial charge is 0.387 e. The van der Waals surface area contributed by atoms with Crippen LogP contribution in [0.4, 0.5) is 13.2 Å². The van der Waals surface area contributed by atoms with Crippen molar-refractivity contribution in [1.29, 1.82) is 0 Å². The van der Waals surface area contributed by atoms with Gasteiger partial charge >= 0.3 is 6.18 Å². The van der Waals surface area contributed by atoms with Gasteiger partial charge in [0.1, 0.15) is 5.69 Å². The van der Waals surface area contributed by atoms with Gasteiger partial charge in [-0.05, 0) is 19.2 Å². The fourth-order valence-corrected chi connectivity index (χ4v) is 1.28.